The topological polar surface area (TPSA) is 17.8 Å². The number of aromatic nitrogens is 2. The first-order valence-corrected chi connectivity index (χ1v) is 9.40. The number of nitrogens with zero attached hydrogens (tertiary/aromatic N) is 2. The average molecular weight is 350 g/mol. The second-order valence-electron chi connectivity index (χ2n) is 7.31. The molecule has 0 spiro atoms. The largest absolute Gasteiger partial charge is 0.324 e. The number of allylic oxidation sites excluding steroid dienone is 2. The zero-order valence-electron chi connectivity index (χ0n) is 15.9. The summed E-state index contributed by atoms with van der Waals surface area (Å²) in [6.07, 6.45) is 5.65. The van der Waals surface area contributed by atoms with Crippen molar-refractivity contribution in [3.8, 4) is 11.4 Å². The van der Waals surface area contributed by atoms with Crippen molar-refractivity contribution in [2.24, 2.45) is 5.92 Å². The summed E-state index contributed by atoms with van der Waals surface area (Å²) in [5.41, 5.74) is 3.94. The minimum atomic E-state index is -0.222. The molecule has 2 nitrogen and oxygen atoms in total. The van der Waals surface area contributed by atoms with Gasteiger partial charge in [-0.1, -0.05) is 42.8 Å². The summed E-state index contributed by atoms with van der Waals surface area (Å²) in [6.45, 7) is 7.42. The van der Waals surface area contributed by atoms with Crippen molar-refractivity contribution >= 4 is 11.0 Å². The monoisotopic (exact) mass is 350 g/mol. The van der Waals surface area contributed by atoms with Gasteiger partial charge in [-0.2, -0.15) is 0 Å². The Morgan fingerprint density at radius 1 is 1.08 bits per heavy atom. The Morgan fingerprint density at radius 2 is 1.81 bits per heavy atom. The molecule has 0 aliphatic carbocycles. The third-order valence-corrected chi connectivity index (χ3v) is 4.83. The summed E-state index contributed by atoms with van der Waals surface area (Å²) in [6, 6.07) is 15.0. The molecule has 3 heteroatoms. The molecule has 0 bridgehead atoms. The Kier molecular flexibility index (Phi) is 5.87. The van der Waals surface area contributed by atoms with E-state index < -0.39 is 0 Å². The predicted molar refractivity (Wildman–Crippen MR) is 108 cm³/mol. The first-order chi connectivity index (χ1) is 12.6. The number of imidazole rings is 1. The van der Waals surface area contributed by atoms with E-state index in [1.807, 2.05) is 30.3 Å². The number of aryl methyl sites for hydroxylation is 1. The molecule has 1 heterocycles. The summed E-state index contributed by atoms with van der Waals surface area (Å²) in [7, 11) is 0. The molecule has 2 aromatic carbocycles. The fourth-order valence-corrected chi connectivity index (χ4v) is 3.30. The maximum atomic E-state index is 14.4. The van der Waals surface area contributed by atoms with Crippen LogP contribution in [-0.2, 0) is 6.54 Å². The molecular weight excluding hydrogens is 323 g/mol. The lowest BCUT2D eigenvalue weighted by Crippen LogP contribution is -2.06. The second-order valence-corrected chi connectivity index (χ2v) is 7.31. The molecule has 0 radical (unpaired) electrons. The number of hydrogen-bond acceptors (Lipinski definition) is 1. The highest BCUT2D eigenvalue weighted by atomic mass is 19.1. The van der Waals surface area contributed by atoms with Gasteiger partial charge in [-0.05, 0) is 63.3 Å². The Hall–Kier alpha value is -2.42. The van der Waals surface area contributed by atoms with E-state index in [9.17, 15) is 4.39 Å². The first-order valence-electron chi connectivity index (χ1n) is 9.40. The van der Waals surface area contributed by atoms with Gasteiger partial charge < -0.3 is 4.57 Å². The van der Waals surface area contributed by atoms with E-state index in [0.29, 0.717) is 11.5 Å². The number of rotatable bonds is 7. The van der Waals surface area contributed by atoms with Gasteiger partial charge in [-0.15, -0.1) is 0 Å². The maximum absolute atomic E-state index is 14.4. The Balaban J connectivity index is 1.86. The fraction of sp³-hybridized carbons (Fsp3) is 0.348. The van der Waals surface area contributed by atoms with Gasteiger partial charge in [-0.3, -0.25) is 0 Å². The summed E-state index contributed by atoms with van der Waals surface area (Å²) in [5.74, 6) is 1.11. The molecule has 1 aromatic heterocycles. The van der Waals surface area contributed by atoms with Crippen molar-refractivity contribution in [1.29, 1.82) is 0 Å². The van der Waals surface area contributed by atoms with E-state index in [4.69, 9.17) is 4.98 Å². The number of halogens is 1. The van der Waals surface area contributed by atoms with E-state index >= 15 is 0 Å². The SMILES string of the molecule is CC(C)=CCCC(C)CCn1c(-c2ccccc2F)nc2ccccc21. The zero-order valence-corrected chi connectivity index (χ0v) is 15.9. The third-order valence-electron chi connectivity index (χ3n) is 4.83. The van der Waals surface area contributed by atoms with Crippen LogP contribution in [0, 0.1) is 11.7 Å². The molecule has 1 unspecified atom stereocenters. The van der Waals surface area contributed by atoms with Crippen molar-refractivity contribution in [3.63, 3.8) is 0 Å². The van der Waals surface area contributed by atoms with Crippen LogP contribution in [0.3, 0.4) is 0 Å². The molecule has 3 aromatic rings. The number of hydrogen-bond donors (Lipinski definition) is 0. The smallest absolute Gasteiger partial charge is 0.144 e. The van der Waals surface area contributed by atoms with Gasteiger partial charge in [0, 0.05) is 6.54 Å². The minimum absolute atomic E-state index is 0.222. The lowest BCUT2D eigenvalue weighted by Gasteiger charge is -2.14. The fourth-order valence-electron chi connectivity index (χ4n) is 3.30. The normalized spacial score (nSPS) is 12.3. The number of benzene rings is 2. The predicted octanol–water partition coefficient (Wildman–Crippen LogP) is 6.62. The van der Waals surface area contributed by atoms with Crippen LogP contribution < -0.4 is 0 Å². The van der Waals surface area contributed by atoms with Gasteiger partial charge in [0.2, 0.25) is 0 Å². The molecule has 0 N–H and O–H groups in total. The van der Waals surface area contributed by atoms with Crippen LogP contribution in [0.2, 0.25) is 0 Å². The van der Waals surface area contributed by atoms with Gasteiger partial charge in [0.05, 0.1) is 16.6 Å². The van der Waals surface area contributed by atoms with Crippen LogP contribution in [0.15, 0.2) is 60.2 Å². The van der Waals surface area contributed by atoms with Crippen LogP contribution in [0.1, 0.15) is 40.0 Å². The summed E-state index contributed by atoms with van der Waals surface area (Å²) >= 11 is 0. The van der Waals surface area contributed by atoms with Crippen molar-refractivity contribution in [2.75, 3.05) is 0 Å². The molecule has 1 atom stereocenters. The summed E-state index contributed by atoms with van der Waals surface area (Å²) < 4.78 is 16.5. The van der Waals surface area contributed by atoms with Crippen molar-refractivity contribution in [3.05, 3.63) is 66.0 Å². The van der Waals surface area contributed by atoms with Crippen molar-refractivity contribution in [1.82, 2.24) is 9.55 Å². The van der Waals surface area contributed by atoms with Gasteiger partial charge in [0.15, 0.2) is 0 Å². The molecule has 0 saturated carbocycles. The van der Waals surface area contributed by atoms with E-state index in [1.54, 1.807) is 6.07 Å². The zero-order chi connectivity index (χ0) is 18.5. The summed E-state index contributed by atoms with van der Waals surface area (Å²) in [5, 5.41) is 0. The highest BCUT2D eigenvalue weighted by molar-refractivity contribution is 5.80. The molecule has 0 amide bonds. The van der Waals surface area contributed by atoms with Crippen LogP contribution in [0.5, 0.6) is 0 Å². The maximum Gasteiger partial charge on any atom is 0.144 e. The number of para-hydroxylation sites is 2. The van der Waals surface area contributed by atoms with Gasteiger partial charge in [0.25, 0.3) is 0 Å². The molecule has 0 fully saturated rings. The molecular formula is C23H27FN2. The molecule has 26 heavy (non-hydrogen) atoms. The number of fused-ring (bicyclic) bond motifs is 1. The average Bonchev–Trinajstić information content (AvgIpc) is 2.98. The van der Waals surface area contributed by atoms with Crippen LogP contribution in [-0.4, -0.2) is 9.55 Å². The van der Waals surface area contributed by atoms with E-state index in [1.165, 1.54) is 18.1 Å². The molecule has 0 aliphatic rings. The van der Waals surface area contributed by atoms with Gasteiger partial charge >= 0.3 is 0 Å². The lowest BCUT2D eigenvalue weighted by molar-refractivity contribution is 0.459. The molecule has 0 saturated heterocycles. The Bertz CT molecular complexity index is 903. The van der Waals surface area contributed by atoms with Gasteiger partial charge in [0.1, 0.15) is 11.6 Å². The van der Waals surface area contributed by atoms with Crippen molar-refractivity contribution < 1.29 is 4.39 Å². The molecule has 0 aliphatic heterocycles. The van der Waals surface area contributed by atoms with E-state index in [0.717, 1.165) is 36.2 Å². The van der Waals surface area contributed by atoms with Crippen molar-refractivity contribution in [2.45, 2.75) is 46.6 Å². The molecule has 136 valence electrons. The Labute approximate surface area is 155 Å². The quantitative estimate of drug-likeness (QED) is 0.438. The second kappa shape index (κ2) is 8.31. The third kappa shape index (κ3) is 4.21. The highest BCUT2D eigenvalue weighted by Crippen LogP contribution is 2.28. The molecule has 3 rings (SSSR count). The van der Waals surface area contributed by atoms with E-state index in [-0.39, 0.29) is 5.82 Å². The van der Waals surface area contributed by atoms with E-state index in [2.05, 4.69) is 37.5 Å². The summed E-state index contributed by atoms with van der Waals surface area (Å²) in [4.78, 5) is 4.72. The van der Waals surface area contributed by atoms with Gasteiger partial charge in [-0.25, -0.2) is 9.37 Å². The van der Waals surface area contributed by atoms with Crippen LogP contribution in [0.4, 0.5) is 4.39 Å². The lowest BCUT2D eigenvalue weighted by atomic mass is 10.0. The van der Waals surface area contributed by atoms with Crippen LogP contribution in [0.25, 0.3) is 22.4 Å². The first kappa shape index (κ1) is 18.4. The minimum Gasteiger partial charge on any atom is -0.324 e. The standard InChI is InChI=1S/C23H27FN2/c1-17(2)9-8-10-18(3)15-16-26-22-14-7-6-13-21(22)25-23(26)19-11-4-5-12-20(19)24/h4-7,9,11-14,18H,8,10,15-16H2,1-3H3. The Morgan fingerprint density at radius 3 is 2.58 bits per heavy atom. The highest BCUT2D eigenvalue weighted by Gasteiger charge is 2.15. The van der Waals surface area contributed by atoms with Crippen LogP contribution >= 0.6 is 0 Å².